The lowest BCUT2D eigenvalue weighted by molar-refractivity contribution is 0.151. The topological polar surface area (TPSA) is 23.8 Å². The molecule has 0 aliphatic heterocycles. The van der Waals surface area contributed by atoms with Crippen molar-refractivity contribution in [1.29, 1.82) is 5.26 Å². The lowest BCUT2D eigenvalue weighted by atomic mass is 9.68. The van der Waals surface area contributed by atoms with E-state index in [1.165, 1.54) is 114 Å². The van der Waals surface area contributed by atoms with E-state index in [4.69, 9.17) is 5.26 Å². The van der Waals surface area contributed by atoms with Gasteiger partial charge in [0.2, 0.25) is 0 Å². The fourth-order valence-corrected chi connectivity index (χ4v) is 6.29. The van der Waals surface area contributed by atoms with Gasteiger partial charge in [-0.25, -0.2) is 0 Å². The number of nitriles is 1. The highest BCUT2D eigenvalue weighted by atomic mass is 14.4. The molecule has 0 amide bonds. The van der Waals surface area contributed by atoms with Gasteiger partial charge in [-0.05, 0) is 99.0 Å². The Morgan fingerprint density at radius 1 is 0.758 bits per heavy atom. The first kappa shape index (κ1) is 25.8. The molecule has 180 valence electrons. The Labute approximate surface area is 204 Å². The average Bonchev–Trinajstić information content (AvgIpc) is 2.86. The molecule has 0 heterocycles. The molecule has 1 heteroatoms. The van der Waals surface area contributed by atoms with Crippen molar-refractivity contribution in [2.75, 3.05) is 0 Å². The minimum absolute atomic E-state index is 0.734. The van der Waals surface area contributed by atoms with Crippen LogP contribution < -0.4 is 0 Å². The Morgan fingerprint density at radius 2 is 1.33 bits per heavy atom. The van der Waals surface area contributed by atoms with Gasteiger partial charge in [0, 0.05) is 6.08 Å². The second kappa shape index (κ2) is 15.2. The molecular formula is C32H47N. The first-order valence-corrected chi connectivity index (χ1v) is 14.1. The van der Waals surface area contributed by atoms with Gasteiger partial charge >= 0.3 is 0 Å². The smallest absolute Gasteiger partial charge is 0.0912 e. The van der Waals surface area contributed by atoms with Gasteiger partial charge < -0.3 is 0 Å². The van der Waals surface area contributed by atoms with E-state index in [2.05, 4.69) is 49.4 Å². The third-order valence-corrected chi connectivity index (χ3v) is 8.46. The fourth-order valence-electron chi connectivity index (χ4n) is 6.29. The Balaban J connectivity index is 1.25. The number of nitrogens with zero attached hydrogens (tertiary/aromatic N) is 1. The molecule has 0 unspecified atom stereocenters. The van der Waals surface area contributed by atoms with Crippen LogP contribution in [0.2, 0.25) is 0 Å². The van der Waals surface area contributed by atoms with Crippen LogP contribution in [0, 0.1) is 35.0 Å². The third kappa shape index (κ3) is 9.52. The minimum atomic E-state index is 0.734. The molecule has 0 aromatic heterocycles. The van der Waals surface area contributed by atoms with Crippen molar-refractivity contribution in [3.05, 3.63) is 59.7 Å². The summed E-state index contributed by atoms with van der Waals surface area (Å²) in [5.74, 6) is 3.71. The maximum atomic E-state index is 8.57. The Hall–Kier alpha value is -1.81. The molecule has 33 heavy (non-hydrogen) atoms. The summed E-state index contributed by atoms with van der Waals surface area (Å²) in [5, 5.41) is 8.57. The lowest BCUT2D eigenvalue weighted by Gasteiger charge is -2.37. The highest BCUT2D eigenvalue weighted by Crippen LogP contribution is 2.42. The van der Waals surface area contributed by atoms with Crippen molar-refractivity contribution < 1.29 is 0 Å². The van der Waals surface area contributed by atoms with Gasteiger partial charge in [-0.1, -0.05) is 87.9 Å². The van der Waals surface area contributed by atoms with E-state index in [0.29, 0.717) is 0 Å². The maximum Gasteiger partial charge on any atom is 0.0912 e. The molecule has 1 nitrogen and oxygen atoms in total. The van der Waals surface area contributed by atoms with E-state index < -0.39 is 0 Å². The molecule has 0 atom stereocenters. The van der Waals surface area contributed by atoms with E-state index in [1.54, 1.807) is 6.08 Å². The van der Waals surface area contributed by atoms with Gasteiger partial charge in [0.05, 0.1) is 6.07 Å². The van der Waals surface area contributed by atoms with Crippen LogP contribution in [0.25, 0.3) is 0 Å². The van der Waals surface area contributed by atoms with Crippen molar-refractivity contribution in [3.8, 4) is 6.07 Å². The number of rotatable bonds is 12. The second-order valence-electron chi connectivity index (χ2n) is 10.8. The summed E-state index contributed by atoms with van der Waals surface area (Å²) in [7, 11) is 0. The zero-order chi connectivity index (χ0) is 23.1. The fraction of sp³-hybridized carbons (Fsp3) is 0.656. The lowest BCUT2D eigenvalue weighted by Crippen LogP contribution is -2.25. The number of hydrogen-bond acceptors (Lipinski definition) is 1. The van der Waals surface area contributed by atoms with Gasteiger partial charge in [0.1, 0.15) is 0 Å². The standard InChI is InChI=1S/C32H47N/c1-2-3-5-10-27-14-16-28(17-15-27)12-7-8-13-30-20-24-32(25-21-30)31-22-18-29(19-23-31)11-6-4-9-26-33/h4,6,9,11,14-17,29-32H,2-3,5,7-8,10,12-13,18-25H2,1H3/b9-4+,11-6+. The number of benzene rings is 1. The van der Waals surface area contributed by atoms with Crippen LogP contribution in [-0.2, 0) is 12.8 Å². The molecular weight excluding hydrogens is 398 g/mol. The number of hydrogen-bond donors (Lipinski definition) is 0. The molecule has 1 aromatic rings. The van der Waals surface area contributed by atoms with Crippen LogP contribution in [0.5, 0.6) is 0 Å². The van der Waals surface area contributed by atoms with Crippen molar-refractivity contribution >= 4 is 0 Å². The van der Waals surface area contributed by atoms with E-state index in [-0.39, 0.29) is 0 Å². The third-order valence-electron chi connectivity index (χ3n) is 8.46. The highest BCUT2D eigenvalue weighted by Gasteiger charge is 2.30. The van der Waals surface area contributed by atoms with E-state index in [9.17, 15) is 0 Å². The van der Waals surface area contributed by atoms with Crippen LogP contribution in [0.3, 0.4) is 0 Å². The summed E-state index contributed by atoms with van der Waals surface area (Å²) in [5.41, 5.74) is 3.05. The van der Waals surface area contributed by atoms with Crippen molar-refractivity contribution in [1.82, 2.24) is 0 Å². The van der Waals surface area contributed by atoms with Gasteiger partial charge in [0.25, 0.3) is 0 Å². The van der Waals surface area contributed by atoms with Crippen LogP contribution in [0.15, 0.2) is 48.6 Å². The molecule has 3 rings (SSSR count). The average molecular weight is 446 g/mol. The monoisotopic (exact) mass is 445 g/mol. The maximum absolute atomic E-state index is 8.57. The molecule has 0 bridgehead atoms. The number of unbranched alkanes of at least 4 members (excludes halogenated alkanes) is 3. The summed E-state index contributed by atoms with van der Waals surface area (Å²) in [6.07, 6.45) is 30.0. The number of allylic oxidation sites excluding steroid dienone is 4. The number of aryl methyl sites for hydroxylation is 2. The summed E-state index contributed by atoms with van der Waals surface area (Å²) in [6.45, 7) is 2.28. The minimum Gasteiger partial charge on any atom is -0.193 e. The predicted molar refractivity (Wildman–Crippen MR) is 142 cm³/mol. The van der Waals surface area contributed by atoms with Crippen LogP contribution >= 0.6 is 0 Å². The Bertz CT molecular complexity index is 734. The predicted octanol–water partition coefficient (Wildman–Crippen LogP) is 9.38. The molecule has 2 aliphatic rings. The molecule has 0 radical (unpaired) electrons. The van der Waals surface area contributed by atoms with Crippen molar-refractivity contribution in [3.63, 3.8) is 0 Å². The molecule has 1 aromatic carbocycles. The van der Waals surface area contributed by atoms with Gasteiger partial charge in [0.15, 0.2) is 0 Å². The quantitative estimate of drug-likeness (QED) is 0.178. The van der Waals surface area contributed by atoms with Crippen LogP contribution in [0.4, 0.5) is 0 Å². The molecule has 2 aliphatic carbocycles. The molecule has 0 N–H and O–H groups in total. The molecule has 2 fully saturated rings. The SMILES string of the molecule is CCCCCc1ccc(CCCCC2CCC(C3CCC(/C=C/C=C/C#N)CC3)CC2)cc1. The molecule has 2 saturated carbocycles. The first-order chi connectivity index (χ1) is 16.3. The van der Waals surface area contributed by atoms with Crippen LogP contribution in [0.1, 0.15) is 108 Å². The van der Waals surface area contributed by atoms with E-state index in [0.717, 1.165) is 23.7 Å². The molecule has 0 saturated heterocycles. The summed E-state index contributed by atoms with van der Waals surface area (Å²) >= 11 is 0. The summed E-state index contributed by atoms with van der Waals surface area (Å²) in [6, 6.07) is 11.5. The van der Waals surface area contributed by atoms with Crippen molar-refractivity contribution in [2.24, 2.45) is 23.7 Å². The van der Waals surface area contributed by atoms with Gasteiger partial charge in [-0.2, -0.15) is 5.26 Å². The Morgan fingerprint density at radius 3 is 1.91 bits per heavy atom. The Kier molecular flexibility index (Phi) is 11.9. The normalized spacial score (nSPS) is 26.1. The van der Waals surface area contributed by atoms with Crippen LogP contribution in [-0.4, -0.2) is 0 Å². The second-order valence-corrected chi connectivity index (χ2v) is 10.8. The summed E-state index contributed by atoms with van der Waals surface area (Å²) in [4.78, 5) is 0. The highest BCUT2D eigenvalue weighted by molar-refractivity contribution is 5.22. The van der Waals surface area contributed by atoms with E-state index >= 15 is 0 Å². The zero-order valence-corrected chi connectivity index (χ0v) is 21.2. The van der Waals surface area contributed by atoms with Gasteiger partial charge in [-0.15, -0.1) is 0 Å². The van der Waals surface area contributed by atoms with Gasteiger partial charge in [-0.3, -0.25) is 0 Å². The summed E-state index contributed by atoms with van der Waals surface area (Å²) < 4.78 is 0. The largest absolute Gasteiger partial charge is 0.193 e. The first-order valence-electron chi connectivity index (χ1n) is 14.1. The van der Waals surface area contributed by atoms with E-state index in [1.807, 2.05) is 6.08 Å². The van der Waals surface area contributed by atoms with Crippen molar-refractivity contribution in [2.45, 2.75) is 110 Å². The zero-order valence-electron chi connectivity index (χ0n) is 21.2. The molecule has 0 spiro atoms.